The molecule has 102 valence electrons. The summed E-state index contributed by atoms with van der Waals surface area (Å²) in [5.74, 6) is -2.73. The summed E-state index contributed by atoms with van der Waals surface area (Å²) < 4.78 is 26.4. The Bertz CT molecular complexity index is 368. The summed E-state index contributed by atoms with van der Waals surface area (Å²) in [5.41, 5.74) is 6.08. The van der Waals surface area contributed by atoms with E-state index in [1.165, 1.54) is 4.90 Å². The first kappa shape index (κ1) is 12.1. The van der Waals surface area contributed by atoms with Crippen molar-refractivity contribution in [1.29, 1.82) is 0 Å². The number of piperidine rings is 1. The first-order valence-corrected chi connectivity index (χ1v) is 6.59. The van der Waals surface area contributed by atoms with Gasteiger partial charge in [0, 0.05) is 25.0 Å². The van der Waals surface area contributed by atoms with Crippen LogP contribution in [0.4, 0.5) is 13.6 Å². The maximum Gasteiger partial charge on any atom is 0.317 e. The lowest BCUT2D eigenvalue weighted by atomic mass is 9.76. The number of alkyl halides is 2. The smallest absolute Gasteiger partial charge is 0.317 e. The lowest BCUT2D eigenvalue weighted by Gasteiger charge is -2.39. The average Bonchev–Trinajstić information content (AvgIpc) is 2.88. The van der Waals surface area contributed by atoms with Crippen molar-refractivity contribution in [2.45, 2.75) is 50.1 Å². The van der Waals surface area contributed by atoms with Crippen LogP contribution in [0.3, 0.4) is 0 Å². The van der Waals surface area contributed by atoms with Crippen molar-refractivity contribution in [1.82, 2.24) is 10.2 Å². The predicted molar refractivity (Wildman–Crippen MR) is 62.3 cm³/mol. The van der Waals surface area contributed by atoms with Gasteiger partial charge in [0.25, 0.3) is 5.92 Å². The Kier molecular flexibility index (Phi) is 2.56. The fourth-order valence-corrected chi connectivity index (χ4v) is 3.28. The van der Waals surface area contributed by atoms with Gasteiger partial charge in [0.15, 0.2) is 0 Å². The van der Waals surface area contributed by atoms with Crippen LogP contribution in [0.5, 0.6) is 0 Å². The number of amides is 2. The van der Waals surface area contributed by atoms with Crippen LogP contribution in [0.25, 0.3) is 0 Å². The molecule has 1 spiro atoms. The molecular weight excluding hydrogens is 240 g/mol. The highest BCUT2D eigenvalue weighted by Gasteiger charge is 2.60. The van der Waals surface area contributed by atoms with E-state index in [1.807, 2.05) is 0 Å². The maximum atomic E-state index is 13.2. The molecule has 3 rings (SSSR count). The van der Waals surface area contributed by atoms with Crippen molar-refractivity contribution in [2.75, 3.05) is 13.1 Å². The Balaban J connectivity index is 1.47. The topological polar surface area (TPSA) is 58.4 Å². The second-order valence-electron chi connectivity index (χ2n) is 6.11. The normalized spacial score (nSPS) is 41.4. The molecule has 0 aromatic heterocycles. The minimum atomic E-state index is -2.73. The van der Waals surface area contributed by atoms with Crippen molar-refractivity contribution in [3.05, 3.63) is 0 Å². The van der Waals surface area contributed by atoms with Crippen LogP contribution in [0.1, 0.15) is 32.1 Å². The Labute approximate surface area is 105 Å². The van der Waals surface area contributed by atoms with Crippen molar-refractivity contribution in [2.24, 2.45) is 11.1 Å². The summed E-state index contributed by atoms with van der Waals surface area (Å²) >= 11 is 0. The zero-order valence-electron chi connectivity index (χ0n) is 10.3. The lowest BCUT2D eigenvalue weighted by Crippen LogP contribution is -2.55. The molecule has 1 unspecified atom stereocenters. The fraction of sp³-hybridized carbons (Fsp3) is 0.917. The van der Waals surface area contributed by atoms with Gasteiger partial charge >= 0.3 is 6.03 Å². The van der Waals surface area contributed by atoms with Crippen LogP contribution in [0.15, 0.2) is 0 Å². The molecular formula is C12H19F2N3O. The summed E-state index contributed by atoms with van der Waals surface area (Å²) in [4.78, 5) is 13.1. The predicted octanol–water partition coefficient (Wildman–Crippen LogP) is 1.31. The van der Waals surface area contributed by atoms with Crippen molar-refractivity contribution >= 4 is 6.03 Å². The fourth-order valence-electron chi connectivity index (χ4n) is 3.28. The molecule has 3 N–H and O–H groups in total. The molecule has 3 fully saturated rings. The second kappa shape index (κ2) is 3.79. The Morgan fingerprint density at radius 3 is 2.56 bits per heavy atom. The van der Waals surface area contributed by atoms with Gasteiger partial charge in [0.2, 0.25) is 0 Å². The molecule has 1 aliphatic heterocycles. The highest BCUT2D eigenvalue weighted by Crippen LogP contribution is 2.59. The van der Waals surface area contributed by atoms with Crippen LogP contribution < -0.4 is 11.1 Å². The molecule has 1 atom stereocenters. The minimum Gasteiger partial charge on any atom is -0.335 e. The van der Waals surface area contributed by atoms with Gasteiger partial charge in [-0.2, -0.15) is 0 Å². The Morgan fingerprint density at radius 1 is 1.33 bits per heavy atom. The molecule has 4 nitrogen and oxygen atoms in total. The third-order valence-corrected chi connectivity index (χ3v) is 4.57. The van der Waals surface area contributed by atoms with Crippen molar-refractivity contribution < 1.29 is 13.6 Å². The molecule has 0 aromatic carbocycles. The van der Waals surface area contributed by atoms with E-state index >= 15 is 0 Å². The maximum absolute atomic E-state index is 13.2. The summed E-state index contributed by atoms with van der Waals surface area (Å²) in [6, 6.07) is 0.0648. The highest BCUT2D eigenvalue weighted by atomic mass is 19.3. The van der Waals surface area contributed by atoms with Gasteiger partial charge in [0.05, 0.1) is 6.54 Å². The number of rotatable bonds is 1. The van der Waals surface area contributed by atoms with Gasteiger partial charge in [-0.1, -0.05) is 0 Å². The van der Waals surface area contributed by atoms with Crippen LogP contribution in [-0.2, 0) is 0 Å². The van der Waals surface area contributed by atoms with Crippen LogP contribution in [0.2, 0.25) is 0 Å². The van der Waals surface area contributed by atoms with Gasteiger partial charge in [-0.25, -0.2) is 13.6 Å². The second-order valence-corrected chi connectivity index (χ2v) is 6.11. The summed E-state index contributed by atoms with van der Waals surface area (Å²) in [5, 5.41) is 2.84. The largest absolute Gasteiger partial charge is 0.335 e. The van der Waals surface area contributed by atoms with E-state index in [0.717, 1.165) is 19.3 Å². The van der Waals surface area contributed by atoms with Crippen LogP contribution >= 0.6 is 0 Å². The Hall–Kier alpha value is -0.910. The standard InChI is InChI=1S/C12H19F2N3O/c13-12(14)2-1-3-17(7-12)10(18)16-8-4-11(5-8)6-9(11)15/h8-9H,1-7,15H2,(H,16,18). The van der Waals surface area contributed by atoms with Gasteiger partial charge in [-0.3, -0.25) is 0 Å². The Morgan fingerprint density at radius 2 is 2.00 bits per heavy atom. The lowest BCUT2D eigenvalue weighted by molar-refractivity contribution is -0.0530. The molecule has 2 amide bonds. The first-order chi connectivity index (χ1) is 8.40. The van der Waals surface area contributed by atoms with Crippen LogP contribution in [0, 0.1) is 5.41 Å². The number of hydrogen-bond donors (Lipinski definition) is 2. The molecule has 0 aromatic rings. The van der Waals surface area contributed by atoms with Gasteiger partial charge in [-0.05, 0) is 31.1 Å². The van der Waals surface area contributed by atoms with E-state index in [0.29, 0.717) is 13.0 Å². The van der Waals surface area contributed by atoms with E-state index in [1.54, 1.807) is 0 Å². The van der Waals surface area contributed by atoms with Crippen LogP contribution in [-0.4, -0.2) is 42.0 Å². The third kappa shape index (κ3) is 2.06. The summed E-state index contributed by atoms with van der Waals surface area (Å²) in [7, 11) is 0. The summed E-state index contributed by atoms with van der Waals surface area (Å²) in [6.45, 7) is -0.0188. The average molecular weight is 259 g/mol. The zero-order chi connectivity index (χ0) is 13.0. The van der Waals surface area contributed by atoms with E-state index in [-0.39, 0.29) is 30.0 Å². The van der Waals surface area contributed by atoms with E-state index in [9.17, 15) is 13.6 Å². The molecule has 0 radical (unpaired) electrons. The molecule has 3 aliphatic rings. The first-order valence-electron chi connectivity index (χ1n) is 6.59. The molecule has 1 heterocycles. The minimum absolute atomic E-state index is 0.113. The summed E-state index contributed by atoms with van der Waals surface area (Å²) in [6.07, 6.45) is 3.12. The van der Waals surface area contributed by atoms with Gasteiger partial charge in [-0.15, -0.1) is 0 Å². The molecule has 1 saturated heterocycles. The number of carbonyl (C=O) groups is 1. The van der Waals surface area contributed by atoms with Gasteiger partial charge < -0.3 is 16.0 Å². The number of urea groups is 1. The molecule has 6 heteroatoms. The zero-order valence-corrected chi connectivity index (χ0v) is 10.3. The van der Waals surface area contributed by atoms with E-state index in [2.05, 4.69) is 5.32 Å². The number of likely N-dealkylation sites (tertiary alicyclic amines) is 1. The quantitative estimate of drug-likeness (QED) is 0.746. The number of nitrogens with two attached hydrogens (primary N) is 1. The van der Waals surface area contributed by atoms with E-state index in [4.69, 9.17) is 5.73 Å². The monoisotopic (exact) mass is 259 g/mol. The SMILES string of the molecule is NC1CC12CC(NC(=O)N1CCCC(F)(F)C1)C2. The number of nitrogens with one attached hydrogen (secondary N) is 1. The number of halogens is 2. The third-order valence-electron chi connectivity index (χ3n) is 4.57. The van der Waals surface area contributed by atoms with E-state index < -0.39 is 12.5 Å². The van der Waals surface area contributed by atoms with Crippen molar-refractivity contribution in [3.63, 3.8) is 0 Å². The molecule has 2 aliphatic carbocycles. The highest BCUT2D eigenvalue weighted by molar-refractivity contribution is 5.75. The molecule has 18 heavy (non-hydrogen) atoms. The molecule has 0 bridgehead atoms. The number of carbonyl (C=O) groups excluding carboxylic acids is 1. The number of nitrogens with zero attached hydrogens (tertiary/aromatic N) is 1. The van der Waals surface area contributed by atoms with Gasteiger partial charge in [0.1, 0.15) is 0 Å². The van der Waals surface area contributed by atoms with Crippen molar-refractivity contribution in [3.8, 4) is 0 Å². The number of hydrogen-bond acceptors (Lipinski definition) is 2. The molecule has 2 saturated carbocycles.